The largest absolute Gasteiger partial charge is 0.385 e. The zero-order chi connectivity index (χ0) is 14.9. The van der Waals surface area contributed by atoms with Crippen molar-refractivity contribution in [3.63, 3.8) is 0 Å². The number of rotatable bonds is 6. The highest BCUT2D eigenvalue weighted by atomic mass is 16.6. The molecule has 22 heavy (non-hydrogen) atoms. The molecule has 0 aromatic carbocycles. The van der Waals surface area contributed by atoms with Crippen LogP contribution in [0, 0.1) is 5.92 Å². The second-order valence-corrected chi connectivity index (χ2v) is 6.07. The summed E-state index contributed by atoms with van der Waals surface area (Å²) in [5.74, 6) is 2.44. The van der Waals surface area contributed by atoms with E-state index >= 15 is 0 Å². The van der Waals surface area contributed by atoms with Crippen molar-refractivity contribution in [1.82, 2.24) is 20.3 Å². The molecule has 1 saturated carbocycles. The molecule has 2 bridgehead atoms. The van der Waals surface area contributed by atoms with Crippen LogP contribution in [-0.2, 0) is 4.74 Å². The molecule has 0 amide bonds. The van der Waals surface area contributed by atoms with Crippen LogP contribution in [0.5, 0.6) is 0 Å². The lowest BCUT2D eigenvalue weighted by atomic mass is 10.1. The van der Waals surface area contributed by atoms with Crippen molar-refractivity contribution in [2.45, 2.75) is 31.7 Å². The summed E-state index contributed by atoms with van der Waals surface area (Å²) in [6.45, 7) is 2.56. The van der Waals surface area contributed by atoms with E-state index in [0.29, 0.717) is 17.3 Å². The second kappa shape index (κ2) is 5.68. The molecule has 2 atom stereocenters. The summed E-state index contributed by atoms with van der Waals surface area (Å²) >= 11 is 0. The number of aromatic nitrogens is 4. The molecule has 0 unspecified atom stereocenters. The van der Waals surface area contributed by atoms with Gasteiger partial charge in [-0.3, -0.25) is 0 Å². The number of hydrogen-bond acceptors (Lipinski definition) is 8. The van der Waals surface area contributed by atoms with Gasteiger partial charge in [0, 0.05) is 32.8 Å². The Kier molecular flexibility index (Phi) is 3.53. The quantitative estimate of drug-likeness (QED) is 0.802. The van der Waals surface area contributed by atoms with Crippen molar-refractivity contribution in [2.75, 3.05) is 37.0 Å². The first kappa shape index (κ1) is 13.7. The van der Waals surface area contributed by atoms with Crippen LogP contribution in [0.1, 0.15) is 25.7 Å². The smallest absolute Gasteiger partial charge is 0.245 e. The van der Waals surface area contributed by atoms with Gasteiger partial charge in [-0.1, -0.05) is 0 Å². The van der Waals surface area contributed by atoms with E-state index in [2.05, 4.69) is 30.5 Å². The van der Waals surface area contributed by atoms with Crippen molar-refractivity contribution < 1.29 is 9.37 Å². The first-order valence-electron chi connectivity index (χ1n) is 7.85. The van der Waals surface area contributed by atoms with Crippen molar-refractivity contribution in [3.8, 4) is 0 Å². The van der Waals surface area contributed by atoms with Crippen molar-refractivity contribution in [3.05, 3.63) is 0 Å². The van der Waals surface area contributed by atoms with E-state index in [-0.39, 0.29) is 0 Å². The monoisotopic (exact) mass is 304 g/mol. The van der Waals surface area contributed by atoms with E-state index in [1.165, 1.54) is 19.3 Å². The number of ether oxygens (including phenoxy) is 1. The molecule has 1 aliphatic heterocycles. The highest BCUT2D eigenvalue weighted by molar-refractivity contribution is 5.74. The lowest BCUT2D eigenvalue weighted by molar-refractivity contribution is 0.198. The minimum absolute atomic E-state index is 0.447. The summed E-state index contributed by atoms with van der Waals surface area (Å²) in [6.07, 6.45) is 4.75. The zero-order valence-corrected chi connectivity index (χ0v) is 12.7. The van der Waals surface area contributed by atoms with Gasteiger partial charge in [0.05, 0.1) is 0 Å². The van der Waals surface area contributed by atoms with Crippen LogP contribution in [-0.4, -0.2) is 53.1 Å². The SMILES string of the molecule is COCCCNc1nc2nonc2nc1N1C[C@H]2CC[C@H]1C2. The number of piperidine rings is 1. The van der Waals surface area contributed by atoms with E-state index < -0.39 is 0 Å². The highest BCUT2D eigenvalue weighted by Crippen LogP contribution is 2.41. The third kappa shape index (κ3) is 2.37. The summed E-state index contributed by atoms with van der Waals surface area (Å²) in [4.78, 5) is 11.5. The standard InChI is InChI=1S/C14H20N6O2/c1-21-6-2-5-15-13-14(17-12-11(16-13)18-22-19-12)20-8-9-3-4-10(20)7-9/h9-10H,2-8H2,1H3,(H,15,16,18)/t9-,10-/m0/s1. The van der Waals surface area contributed by atoms with Gasteiger partial charge in [0.2, 0.25) is 11.3 Å². The average molecular weight is 304 g/mol. The summed E-state index contributed by atoms with van der Waals surface area (Å²) < 4.78 is 9.84. The fourth-order valence-electron chi connectivity index (χ4n) is 3.56. The normalized spacial score (nSPS) is 23.6. The van der Waals surface area contributed by atoms with Gasteiger partial charge < -0.3 is 15.0 Å². The van der Waals surface area contributed by atoms with E-state index in [9.17, 15) is 0 Å². The Morgan fingerprint density at radius 2 is 2.14 bits per heavy atom. The van der Waals surface area contributed by atoms with E-state index in [1.54, 1.807) is 7.11 Å². The number of nitrogens with zero attached hydrogens (tertiary/aromatic N) is 5. The van der Waals surface area contributed by atoms with Gasteiger partial charge in [0.15, 0.2) is 11.6 Å². The maximum Gasteiger partial charge on any atom is 0.245 e. The number of fused-ring (bicyclic) bond motifs is 3. The maximum absolute atomic E-state index is 5.08. The van der Waals surface area contributed by atoms with Gasteiger partial charge in [0.1, 0.15) is 0 Å². The zero-order valence-electron chi connectivity index (χ0n) is 12.7. The minimum atomic E-state index is 0.447. The van der Waals surface area contributed by atoms with Gasteiger partial charge in [-0.15, -0.1) is 0 Å². The van der Waals surface area contributed by atoms with E-state index in [1.807, 2.05) is 0 Å². The predicted octanol–water partition coefficient (Wildman–Crippen LogP) is 1.45. The van der Waals surface area contributed by atoms with Gasteiger partial charge in [-0.25, -0.2) is 14.6 Å². The molecule has 1 N–H and O–H groups in total. The minimum Gasteiger partial charge on any atom is -0.385 e. The van der Waals surface area contributed by atoms with Gasteiger partial charge in [0.25, 0.3) is 0 Å². The molecule has 3 heterocycles. The Morgan fingerprint density at radius 3 is 2.86 bits per heavy atom. The van der Waals surface area contributed by atoms with Crippen LogP contribution < -0.4 is 10.2 Å². The summed E-state index contributed by atoms with van der Waals surface area (Å²) in [7, 11) is 1.71. The lowest BCUT2D eigenvalue weighted by Gasteiger charge is -2.29. The number of nitrogens with one attached hydrogen (secondary N) is 1. The van der Waals surface area contributed by atoms with Gasteiger partial charge in [-0.05, 0) is 41.9 Å². The molecule has 2 fully saturated rings. The molecule has 2 aromatic rings. The van der Waals surface area contributed by atoms with Crippen LogP contribution >= 0.6 is 0 Å². The first-order chi connectivity index (χ1) is 10.8. The Labute approximate surface area is 128 Å². The topological polar surface area (TPSA) is 89.2 Å². The number of methoxy groups -OCH3 is 1. The van der Waals surface area contributed by atoms with E-state index in [4.69, 9.17) is 9.37 Å². The lowest BCUT2D eigenvalue weighted by Crippen LogP contribution is -2.33. The van der Waals surface area contributed by atoms with Crippen LogP contribution in [0.4, 0.5) is 11.6 Å². The van der Waals surface area contributed by atoms with Crippen molar-refractivity contribution in [2.24, 2.45) is 5.92 Å². The number of hydrogen-bond donors (Lipinski definition) is 1. The molecule has 1 saturated heterocycles. The fraction of sp³-hybridized carbons (Fsp3) is 0.714. The Hall–Kier alpha value is -1.96. The predicted molar refractivity (Wildman–Crippen MR) is 80.9 cm³/mol. The highest BCUT2D eigenvalue weighted by Gasteiger charge is 2.39. The summed E-state index contributed by atoms with van der Waals surface area (Å²) in [5.41, 5.74) is 0.919. The second-order valence-electron chi connectivity index (χ2n) is 6.07. The van der Waals surface area contributed by atoms with Crippen molar-refractivity contribution in [1.29, 1.82) is 0 Å². The summed E-state index contributed by atoms with van der Waals surface area (Å²) in [5, 5.41) is 11.0. The van der Waals surface area contributed by atoms with Crippen LogP contribution in [0.15, 0.2) is 4.63 Å². The molecule has 118 valence electrons. The molecule has 1 aliphatic carbocycles. The Morgan fingerprint density at radius 1 is 1.27 bits per heavy atom. The van der Waals surface area contributed by atoms with Crippen LogP contribution in [0.2, 0.25) is 0 Å². The fourth-order valence-corrected chi connectivity index (χ4v) is 3.56. The Balaban J connectivity index is 1.62. The average Bonchev–Trinajstić information content (AvgIpc) is 3.25. The van der Waals surface area contributed by atoms with Crippen LogP contribution in [0.25, 0.3) is 11.3 Å². The molecule has 8 nitrogen and oxygen atoms in total. The molecule has 2 aromatic heterocycles. The molecule has 8 heteroatoms. The third-order valence-electron chi connectivity index (χ3n) is 4.59. The molecule has 0 radical (unpaired) electrons. The molecule has 2 aliphatic rings. The van der Waals surface area contributed by atoms with Crippen molar-refractivity contribution >= 4 is 22.9 Å². The molecular formula is C14H20N6O2. The molecule has 0 spiro atoms. The summed E-state index contributed by atoms with van der Waals surface area (Å²) in [6, 6.07) is 0.580. The first-order valence-corrected chi connectivity index (χ1v) is 7.85. The third-order valence-corrected chi connectivity index (χ3v) is 4.59. The molecule has 4 rings (SSSR count). The van der Waals surface area contributed by atoms with E-state index in [0.717, 1.165) is 43.7 Å². The van der Waals surface area contributed by atoms with Crippen LogP contribution in [0.3, 0.4) is 0 Å². The molecular weight excluding hydrogens is 284 g/mol. The number of anilines is 2. The Bertz CT molecular complexity index is 660. The van der Waals surface area contributed by atoms with Gasteiger partial charge in [-0.2, -0.15) is 0 Å². The van der Waals surface area contributed by atoms with Gasteiger partial charge >= 0.3 is 0 Å². The maximum atomic E-state index is 5.08.